The largest absolute Gasteiger partial charge is 0.494 e. The highest BCUT2D eigenvalue weighted by atomic mass is 16.5. The lowest BCUT2D eigenvalue weighted by Crippen LogP contribution is -2.00. The van der Waals surface area contributed by atoms with Gasteiger partial charge in [-0.15, -0.1) is 0 Å². The van der Waals surface area contributed by atoms with E-state index in [1.54, 1.807) is 0 Å². The topological polar surface area (TPSA) is 29.5 Å². The van der Waals surface area contributed by atoms with Crippen LogP contribution in [0, 0.1) is 6.92 Å². The number of benzene rings is 2. The molecule has 2 aromatic carbocycles. The number of rotatable bonds is 4. The van der Waals surface area contributed by atoms with Gasteiger partial charge in [-0.2, -0.15) is 0 Å². The molecule has 0 aliphatic heterocycles. The second kappa shape index (κ2) is 5.69. The Balaban J connectivity index is 2.20. The Hall–Kier alpha value is -1.80. The second-order valence-corrected chi connectivity index (χ2v) is 4.32. The van der Waals surface area contributed by atoms with Crippen molar-refractivity contribution in [3.8, 4) is 5.75 Å². The molecule has 0 radical (unpaired) electrons. The van der Waals surface area contributed by atoms with E-state index < -0.39 is 6.10 Å². The maximum Gasteiger partial charge on any atom is 0.119 e. The highest BCUT2D eigenvalue weighted by Gasteiger charge is 2.10. The third-order valence-electron chi connectivity index (χ3n) is 2.86. The number of aliphatic hydroxyl groups is 1. The maximum absolute atomic E-state index is 10.3. The molecular weight excluding hydrogens is 224 g/mol. The molecule has 1 atom stereocenters. The third kappa shape index (κ3) is 2.90. The zero-order valence-electron chi connectivity index (χ0n) is 10.8. The summed E-state index contributed by atoms with van der Waals surface area (Å²) in [5.41, 5.74) is 2.95. The van der Waals surface area contributed by atoms with E-state index in [-0.39, 0.29) is 0 Å². The van der Waals surface area contributed by atoms with E-state index in [0.29, 0.717) is 6.61 Å². The quantitative estimate of drug-likeness (QED) is 0.889. The first-order valence-electron chi connectivity index (χ1n) is 6.18. The van der Waals surface area contributed by atoms with Gasteiger partial charge in [-0.1, -0.05) is 42.0 Å². The van der Waals surface area contributed by atoms with Crippen LogP contribution in [0.3, 0.4) is 0 Å². The lowest BCUT2D eigenvalue weighted by Gasteiger charge is -2.13. The Kier molecular flexibility index (Phi) is 4.00. The van der Waals surface area contributed by atoms with Crippen molar-refractivity contribution in [1.29, 1.82) is 0 Å². The van der Waals surface area contributed by atoms with Crippen molar-refractivity contribution in [3.05, 3.63) is 65.2 Å². The molecule has 1 N–H and O–H groups in total. The third-order valence-corrected chi connectivity index (χ3v) is 2.86. The molecule has 2 heteroatoms. The molecular formula is C16H18O2. The van der Waals surface area contributed by atoms with Crippen molar-refractivity contribution in [2.24, 2.45) is 0 Å². The van der Waals surface area contributed by atoms with E-state index in [4.69, 9.17) is 4.74 Å². The molecule has 0 fully saturated rings. The minimum Gasteiger partial charge on any atom is -0.494 e. The Morgan fingerprint density at radius 1 is 1.06 bits per heavy atom. The first-order chi connectivity index (χ1) is 8.70. The molecule has 0 saturated carbocycles. The molecule has 2 aromatic rings. The summed E-state index contributed by atoms with van der Waals surface area (Å²) in [6.45, 7) is 4.63. The predicted molar refractivity (Wildman–Crippen MR) is 72.9 cm³/mol. The Morgan fingerprint density at radius 3 is 2.39 bits per heavy atom. The van der Waals surface area contributed by atoms with Crippen molar-refractivity contribution in [2.45, 2.75) is 20.0 Å². The lowest BCUT2D eigenvalue weighted by atomic mass is 10.00. The first-order valence-corrected chi connectivity index (χ1v) is 6.18. The van der Waals surface area contributed by atoms with Crippen LogP contribution in [0.4, 0.5) is 0 Å². The standard InChI is InChI=1S/C16H18O2/c1-3-18-15-9-7-13(8-10-15)16(17)14-6-4-5-12(2)11-14/h4-11,16-17H,3H2,1-2H3. The summed E-state index contributed by atoms with van der Waals surface area (Å²) in [6.07, 6.45) is -0.583. The lowest BCUT2D eigenvalue weighted by molar-refractivity contribution is 0.220. The number of ether oxygens (including phenoxy) is 1. The molecule has 0 saturated heterocycles. The zero-order chi connectivity index (χ0) is 13.0. The van der Waals surface area contributed by atoms with E-state index in [9.17, 15) is 5.11 Å². The van der Waals surface area contributed by atoms with Crippen LogP contribution < -0.4 is 4.74 Å². The molecule has 0 heterocycles. The number of hydrogen-bond acceptors (Lipinski definition) is 2. The minimum absolute atomic E-state index is 0.583. The summed E-state index contributed by atoms with van der Waals surface area (Å²) in [5, 5.41) is 10.3. The molecule has 94 valence electrons. The van der Waals surface area contributed by atoms with E-state index in [1.807, 2.05) is 62.4 Å². The molecule has 0 spiro atoms. The highest BCUT2D eigenvalue weighted by Crippen LogP contribution is 2.24. The molecule has 2 rings (SSSR count). The van der Waals surface area contributed by atoms with Crippen LogP contribution in [0.5, 0.6) is 5.75 Å². The number of aliphatic hydroxyl groups excluding tert-OH is 1. The van der Waals surface area contributed by atoms with E-state index in [2.05, 4.69) is 0 Å². The monoisotopic (exact) mass is 242 g/mol. The summed E-state index contributed by atoms with van der Waals surface area (Å²) in [4.78, 5) is 0. The summed E-state index contributed by atoms with van der Waals surface area (Å²) >= 11 is 0. The summed E-state index contributed by atoms with van der Waals surface area (Å²) in [6, 6.07) is 15.5. The minimum atomic E-state index is -0.583. The van der Waals surface area contributed by atoms with Gasteiger partial charge in [-0.05, 0) is 37.1 Å². The summed E-state index contributed by atoms with van der Waals surface area (Å²) in [5.74, 6) is 0.831. The Labute approximate surface area is 108 Å². The average molecular weight is 242 g/mol. The summed E-state index contributed by atoms with van der Waals surface area (Å²) in [7, 11) is 0. The Morgan fingerprint density at radius 2 is 1.78 bits per heavy atom. The van der Waals surface area contributed by atoms with Crippen molar-refractivity contribution >= 4 is 0 Å². The molecule has 0 aliphatic rings. The van der Waals surface area contributed by atoms with Gasteiger partial charge in [0.2, 0.25) is 0 Å². The fourth-order valence-corrected chi connectivity index (χ4v) is 1.95. The van der Waals surface area contributed by atoms with Gasteiger partial charge in [0, 0.05) is 0 Å². The predicted octanol–water partition coefficient (Wildman–Crippen LogP) is 3.48. The van der Waals surface area contributed by atoms with Crippen LogP contribution in [0.1, 0.15) is 29.7 Å². The Bertz CT molecular complexity index is 503. The van der Waals surface area contributed by atoms with Crippen molar-refractivity contribution in [3.63, 3.8) is 0 Å². The smallest absolute Gasteiger partial charge is 0.119 e. The summed E-state index contributed by atoms with van der Waals surface area (Å²) < 4.78 is 5.38. The maximum atomic E-state index is 10.3. The average Bonchev–Trinajstić information content (AvgIpc) is 2.39. The van der Waals surface area contributed by atoms with Gasteiger partial charge < -0.3 is 9.84 Å². The van der Waals surface area contributed by atoms with Crippen LogP contribution in [0.2, 0.25) is 0 Å². The molecule has 0 aromatic heterocycles. The first kappa shape index (κ1) is 12.7. The van der Waals surface area contributed by atoms with Crippen molar-refractivity contribution in [1.82, 2.24) is 0 Å². The second-order valence-electron chi connectivity index (χ2n) is 4.32. The molecule has 0 aliphatic carbocycles. The van der Waals surface area contributed by atoms with Crippen LogP contribution in [-0.2, 0) is 0 Å². The normalized spacial score (nSPS) is 12.2. The fraction of sp³-hybridized carbons (Fsp3) is 0.250. The number of hydrogen-bond donors (Lipinski definition) is 1. The van der Waals surface area contributed by atoms with Crippen LogP contribution in [0.15, 0.2) is 48.5 Å². The van der Waals surface area contributed by atoms with E-state index in [1.165, 1.54) is 0 Å². The van der Waals surface area contributed by atoms with Gasteiger partial charge in [-0.3, -0.25) is 0 Å². The van der Waals surface area contributed by atoms with Crippen molar-refractivity contribution < 1.29 is 9.84 Å². The number of aryl methyl sites for hydroxylation is 1. The van der Waals surface area contributed by atoms with Gasteiger partial charge in [0.25, 0.3) is 0 Å². The van der Waals surface area contributed by atoms with Crippen LogP contribution >= 0.6 is 0 Å². The molecule has 18 heavy (non-hydrogen) atoms. The fourth-order valence-electron chi connectivity index (χ4n) is 1.95. The zero-order valence-corrected chi connectivity index (χ0v) is 10.8. The molecule has 0 bridgehead atoms. The van der Waals surface area contributed by atoms with E-state index >= 15 is 0 Å². The molecule has 0 amide bonds. The SMILES string of the molecule is CCOc1ccc(C(O)c2cccc(C)c2)cc1. The van der Waals surface area contributed by atoms with Crippen molar-refractivity contribution in [2.75, 3.05) is 6.61 Å². The molecule has 2 nitrogen and oxygen atoms in total. The van der Waals surface area contributed by atoms with Gasteiger partial charge in [0.05, 0.1) is 6.61 Å². The van der Waals surface area contributed by atoms with E-state index in [0.717, 1.165) is 22.4 Å². The van der Waals surface area contributed by atoms with Gasteiger partial charge in [-0.25, -0.2) is 0 Å². The van der Waals surface area contributed by atoms with Crippen LogP contribution in [0.25, 0.3) is 0 Å². The highest BCUT2D eigenvalue weighted by molar-refractivity contribution is 5.35. The van der Waals surface area contributed by atoms with Gasteiger partial charge in [0.1, 0.15) is 11.9 Å². The van der Waals surface area contributed by atoms with Gasteiger partial charge >= 0.3 is 0 Å². The molecule has 1 unspecified atom stereocenters. The van der Waals surface area contributed by atoms with Crippen LogP contribution in [-0.4, -0.2) is 11.7 Å². The van der Waals surface area contributed by atoms with Gasteiger partial charge in [0.15, 0.2) is 0 Å².